The number of hydrogen-bond acceptors (Lipinski definition) is 5. The van der Waals surface area contributed by atoms with E-state index in [9.17, 15) is 14.2 Å². The Hall–Kier alpha value is -0.910. The number of rotatable bonds is 7. The van der Waals surface area contributed by atoms with Crippen LogP contribution in [-0.4, -0.2) is 42.0 Å². The second-order valence-electron chi connectivity index (χ2n) is 2.69. The predicted octanol–water partition coefficient (Wildman–Crippen LogP) is 0.790. The van der Waals surface area contributed by atoms with Crippen molar-refractivity contribution in [3.63, 3.8) is 0 Å². The summed E-state index contributed by atoms with van der Waals surface area (Å²) in [6, 6.07) is 0. The highest BCUT2D eigenvalue weighted by atomic mass is 31.2. The van der Waals surface area contributed by atoms with Crippen molar-refractivity contribution in [2.45, 2.75) is 18.5 Å². The lowest BCUT2D eigenvalue weighted by molar-refractivity contribution is -0.138. The Balaban J connectivity index is 4.72. The monoisotopic (exact) mass is 240 g/mol. The molecule has 15 heavy (non-hydrogen) atoms. The summed E-state index contributed by atoms with van der Waals surface area (Å²) in [5, 5.41) is 17.1. The largest absolute Gasteiger partial charge is 0.481 e. The molecule has 1 unspecified atom stereocenters. The van der Waals surface area contributed by atoms with E-state index in [4.69, 9.17) is 10.2 Å². The number of carboxylic acids is 2. The Kier molecular flexibility index (Phi) is 5.49. The summed E-state index contributed by atoms with van der Waals surface area (Å²) in [6.45, 7) is 0. The van der Waals surface area contributed by atoms with Gasteiger partial charge in [0.2, 0.25) is 0 Å². The Bertz CT molecular complexity index is 279. The molecular weight excluding hydrogens is 227 g/mol. The van der Waals surface area contributed by atoms with Gasteiger partial charge in [0.1, 0.15) is 0 Å². The van der Waals surface area contributed by atoms with E-state index in [-0.39, 0.29) is 6.42 Å². The van der Waals surface area contributed by atoms with Gasteiger partial charge in [0.15, 0.2) is 5.66 Å². The van der Waals surface area contributed by atoms with Gasteiger partial charge in [0.05, 0.1) is 0 Å². The number of carboxylic acid groups (broad SMARTS) is 2. The van der Waals surface area contributed by atoms with Crippen LogP contribution in [0.1, 0.15) is 12.8 Å². The molecule has 0 aromatic carbocycles. The van der Waals surface area contributed by atoms with Gasteiger partial charge in [0, 0.05) is 20.6 Å². The molecule has 0 aliphatic heterocycles. The molecule has 0 bridgehead atoms. The summed E-state index contributed by atoms with van der Waals surface area (Å²) in [5.74, 6) is -2.57. The molecule has 0 saturated heterocycles. The molecule has 0 amide bonds. The zero-order chi connectivity index (χ0) is 12.1. The highest BCUT2D eigenvalue weighted by Crippen LogP contribution is 2.53. The maximum atomic E-state index is 11.7. The van der Waals surface area contributed by atoms with Crippen LogP contribution < -0.4 is 0 Å². The van der Waals surface area contributed by atoms with Crippen molar-refractivity contribution in [1.29, 1.82) is 0 Å². The number of aliphatic carboxylic acids is 2. The van der Waals surface area contributed by atoms with Gasteiger partial charge in [-0.25, -0.2) is 0 Å². The third-order valence-corrected chi connectivity index (χ3v) is 4.07. The SMILES string of the molecule is COP(=O)(OC)C(CCC(=O)O)C(=O)O. The van der Waals surface area contributed by atoms with Crippen molar-refractivity contribution in [2.75, 3.05) is 14.2 Å². The van der Waals surface area contributed by atoms with Crippen LogP contribution >= 0.6 is 7.60 Å². The van der Waals surface area contributed by atoms with Crippen LogP contribution in [0.4, 0.5) is 0 Å². The van der Waals surface area contributed by atoms with E-state index in [0.29, 0.717) is 0 Å². The molecule has 7 nitrogen and oxygen atoms in total. The molecule has 1 atom stereocenters. The van der Waals surface area contributed by atoms with Gasteiger partial charge in [-0.15, -0.1) is 0 Å². The van der Waals surface area contributed by atoms with Crippen molar-refractivity contribution in [3.05, 3.63) is 0 Å². The average molecular weight is 240 g/mol. The minimum absolute atomic E-state index is 0.302. The topological polar surface area (TPSA) is 110 Å². The first kappa shape index (κ1) is 14.1. The molecule has 0 rings (SSSR count). The van der Waals surface area contributed by atoms with Crippen molar-refractivity contribution < 1.29 is 33.4 Å². The molecule has 0 heterocycles. The van der Waals surface area contributed by atoms with Crippen molar-refractivity contribution >= 4 is 19.5 Å². The minimum Gasteiger partial charge on any atom is -0.481 e. The van der Waals surface area contributed by atoms with Gasteiger partial charge in [-0.05, 0) is 6.42 Å². The highest BCUT2D eigenvalue weighted by Gasteiger charge is 2.39. The fourth-order valence-corrected chi connectivity index (χ4v) is 2.38. The van der Waals surface area contributed by atoms with Crippen LogP contribution in [0, 0.1) is 0 Å². The zero-order valence-corrected chi connectivity index (χ0v) is 9.27. The first-order chi connectivity index (χ1) is 6.87. The van der Waals surface area contributed by atoms with Gasteiger partial charge >= 0.3 is 19.5 Å². The lowest BCUT2D eigenvalue weighted by Gasteiger charge is -2.19. The summed E-state index contributed by atoms with van der Waals surface area (Å²) < 4.78 is 20.7. The lowest BCUT2D eigenvalue weighted by Crippen LogP contribution is -2.23. The summed E-state index contributed by atoms with van der Waals surface area (Å²) in [7, 11) is -1.65. The summed E-state index contributed by atoms with van der Waals surface area (Å²) in [4.78, 5) is 21.0. The first-order valence-electron chi connectivity index (χ1n) is 4.03. The second-order valence-corrected chi connectivity index (χ2v) is 5.12. The minimum atomic E-state index is -3.77. The molecule has 0 saturated carbocycles. The van der Waals surface area contributed by atoms with E-state index in [1.807, 2.05) is 0 Å². The van der Waals surface area contributed by atoms with E-state index in [1.54, 1.807) is 0 Å². The van der Waals surface area contributed by atoms with Crippen molar-refractivity contribution in [1.82, 2.24) is 0 Å². The van der Waals surface area contributed by atoms with Crippen LogP contribution in [0.3, 0.4) is 0 Å². The molecule has 0 aliphatic rings. The van der Waals surface area contributed by atoms with Gasteiger partial charge in [-0.1, -0.05) is 0 Å². The lowest BCUT2D eigenvalue weighted by atomic mass is 10.2. The Labute approximate surface area is 86.5 Å². The van der Waals surface area contributed by atoms with E-state index in [0.717, 1.165) is 14.2 Å². The second kappa shape index (κ2) is 5.85. The van der Waals surface area contributed by atoms with Crippen LogP contribution in [-0.2, 0) is 23.2 Å². The van der Waals surface area contributed by atoms with Gasteiger partial charge < -0.3 is 19.3 Å². The van der Waals surface area contributed by atoms with E-state index in [1.165, 1.54) is 0 Å². The molecule has 0 aromatic rings. The van der Waals surface area contributed by atoms with E-state index >= 15 is 0 Å². The normalized spacial score (nSPS) is 13.5. The average Bonchev–Trinajstić information content (AvgIpc) is 2.16. The fourth-order valence-electron chi connectivity index (χ4n) is 1.01. The van der Waals surface area contributed by atoms with Crippen molar-refractivity contribution in [2.24, 2.45) is 0 Å². The third kappa shape index (κ3) is 3.99. The number of hydrogen-bond donors (Lipinski definition) is 2. The molecule has 0 aliphatic carbocycles. The molecule has 8 heteroatoms. The summed E-state index contributed by atoms with van der Waals surface area (Å²) in [5.41, 5.74) is -1.46. The number of carbonyl (C=O) groups is 2. The Morgan fingerprint density at radius 1 is 1.27 bits per heavy atom. The molecule has 88 valence electrons. The Morgan fingerprint density at radius 2 is 1.73 bits per heavy atom. The third-order valence-electron chi connectivity index (χ3n) is 1.81. The summed E-state index contributed by atoms with van der Waals surface area (Å²) >= 11 is 0. The fraction of sp³-hybridized carbons (Fsp3) is 0.714. The smallest absolute Gasteiger partial charge is 0.344 e. The van der Waals surface area contributed by atoms with Gasteiger partial charge in [-0.3, -0.25) is 14.2 Å². The molecule has 0 aromatic heterocycles. The van der Waals surface area contributed by atoms with Crippen molar-refractivity contribution in [3.8, 4) is 0 Å². The van der Waals surface area contributed by atoms with Crippen LogP contribution in [0.15, 0.2) is 0 Å². The van der Waals surface area contributed by atoms with Gasteiger partial charge in [0.25, 0.3) is 0 Å². The molecule has 0 fully saturated rings. The van der Waals surface area contributed by atoms with E-state index in [2.05, 4.69) is 9.05 Å². The van der Waals surface area contributed by atoms with Crippen LogP contribution in [0.2, 0.25) is 0 Å². The first-order valence-corrected chi connectivity index (χ1v) is 5.64. The Morgan fingerprint density at radius 3 is 2.00 bits per heavy atom. The molecule has 0 radical (unpaired) electrons. The molecular formula is C7H13O7P. The maximum Gasteiger partial charge on any atom is 0.344 e. The van der Waals surface area contributed by atoms with Gasteiger partial charge in [-0.2, -0.15) is 0 Å². The quantitative estimate of drug-likeness (QED) is 0.633. The highest BCUT2D eigenvalue weighted by molar-refractivity contribution is 7.55. The van der Waals surface area contributed by atoms with E-state index < -0.39 is 31.6 Å². The van der Waals surface area contributed by atoms with Crippen LogP contribution in [0.5, 0.6) is 0 Å². The molecule has 2 N–H and O–H groups in total. The van der Waals surface area contributed by atoms with Crippen LogP contribution in [0.25, 0.3) is 0 Å². The summed E-state index contributed by atoms with van der Waals surface area (Å²) in [6.07, 6.45) is -0.711. The maximum absolute atomic E-state index is 11.7. The standard InChI is InChI=1S/C7H13O7P/c1-13-15(12,14-2)5(7(10)11)3-4-6(8)9/h5H,3-4H2,1-2H3,(H,8,9)(H,10,11). The zero-order valence-electron chi connectivity index (χ0n) is 8.37. The molecule has 0 spiro atoms. The predicted molar refractivity (Wildman–Crippen MR) is 49.9 cm³/mol.